The number of amides is 1. The highest BCUT2D eigenvalue weighted by Gasteiger charge is 2.30. The van der Waals surface area contributed by atoms with E-state index in [1.807, 2.05) is 12.1 Å². The van der Waals surface area contributed by atoms with Crippen LogP contribution in [0.1, 0.15) is 37.6 Å². The third-order valence-electron chi connectivity index (χ3n) is 4.30. The minimum atomic E-state index is -0.110. The van der Waals surface area contributed by atoms with Crippen LogP contribution in [0.5, 0.6) is 5.75 Å². The van der Waals surface area contributed by atoms with Crippen molar-refractivity contribution in [2.45, 2.75) is 27.2 Å². The molecule has 1 aliphatic rings. The van der Waals surface area contributed by atoms with Crippen molar-refractivity contribution >= 4 is 11.9 Å². The summed E-state index contributed by atoms with van der Waals surface area (Å²) in [6.07, 6.45) is 1.17. The Morgan fingerprint density at radius 1 is 1.36 bits per heavy atom. The van der Waals surface area contributed by atoms with Crippen molar-refractivity contribution in [2.24, 2.45) is 10.4 Å². The van der Waals surface area contributed by atoms with E-state index in [1.54, 1.807) is 19.2 Å². The molecule has 2 N–H and O–H groups in total. The van der Waals surface area contributed by atoms with Gasteiger partial charge >= 0.3 is 0 Å². The average Bonchev–Trinajstić information content (AvgIpc) is 2.97. The molecule has 6 heteroatoms. The summed E-state index contributed by atoms with van der Waals surface area (Å²) >= 11 is 0. The monoisotopic (exact) mass is 346 g/mol. The number of rotatable bonds is 6. The number of ether oxygens (including phenoxy) is 1. The molecule has 1 amide bonds. The second-order valence-electron chi connectivity index (χ2n) is 7.06. The van der Waals surface area contributed by atoms with Crippen molar-refractivity contribution < 1.29 is 9.53 Å². The Labute approximate surface area is 150 Å². The summed E-state index contributed by atoms with van der Waals surface area (Å²) in [4.78, 5) is 19.1. The zero-order valence-corrected chi connectivity index (χ0v) is 15.8. The third-order valence-corrected chi connectivity index (χ3v) is 4.30. The molecule has 0 spiro atoms. The molecule has 1 fully saturated rings. The van der Waals surface area contributed by atoms with Crippen molar-refractivity contribution in [3.05, 3.63) is 29.8 Å². The maximum atomic E-state index is 12.2. The summed E-state index contributed by atoms with van der Waals surface area (Å²) in [6, 6.07) is 7.14. The van der Waals surface area contributed by atoms with Gasteiger partial charge < -0.3 is 20.3 Å². The summed E-state index contributed by atoms with van der Waals surface area (Å²) in [6.45, 7) is 10.6. The van der Waals surface area contributed by atoms with Gasteiger partial charge in [-0.25, -0.2) is 0 Å². The van der Waals surface area contributed by atoms with E-state index in [0.717, 1.165) is 25.6 Å². The van der Waals surface area contributed by atoms with Crippen LogP contribution in [-0.2, 0) is 0 Å². The van der Waals surface area contributed by atoms with Crippen LogP contribution in [0.15, 0.2) is 29.3 Å². The molecular weight excluding hydrogens is 316 g/mol. The smallest absolute Gasteiger partial charge is 0.251 e. The number of hydrogen-bond donors (Lipinski definition) is 2. The van der Waals surface area contributed by atoms with Crippen LogP contribution >= 0.6 is 0 Å². The fraction of sp³-hybridized carbons (Fsp3) is 0.579. The molecule has 1 aliphatic heterocycles. The lowest BCUT2D eigenvalue weighted by atomic mass is 9.93. The number of guanidine groups is 1. The molecule has 1 aromatic carbocycles. The maximum Gasteiger partial charge on any atom is 0.251 e. The predicted octanol–water partition coefficient (Wildman–Crippen LogP) is 2.12. The first-order chi connectivity index (χ1) is 11.9. The lowest BCUT2D eigenvalue weighted by molar-refractivity contribution is 0.0954. The van der Waals surface area contributed by atoms with Gasteiger partial charge in [-0.3, -0.25) is 9.79 Å². The summed E-state index contributed by atoms with van der Waals surface area (Å²) in [5.41, 5.74) is 0.924. The first kappa shape index (κ1) is 19.1. The number of likely N-dealkylation sites (tertiary alicyclic amines) is 1. The number of aliphatic imine (C=N–C) groups is 1. The Hall–Kier alpha value is -2.24. The largest absolute Gasteiger partial charge is 0.497 e. The molecule has 138 valence electrons. The molecule has 1 saturated heterocycles. The number of nitrogens with zero attached hydrogens (tertiary/aromatic N) is 2. The number of carbonyl (C=O) groups excluding carboxylic acids is 1. The van der Waals surface area contributed by atoms with Gasteiger partial charge in [0.25, 0.3) is 5.91 Å². The highest BCUT2D eigenvalue weighted by molar-refractivity contribution is 5.94. The fourth-order valence-corrected chi connectivity index (χ4v) is 2.92. The van der Waals surface area contributed by atoms with Gasteiger partial charge in [0, 0.05) is 31.7 Å². The van der Waals surface area contributed by atoms with E-state index < -0.39 is 0 Å². The molecule has 0 unspecified atom stereocenters. The molecule has 0 atom stereocenters. The minimum Gasteiger partial charge on any atom is -0.497 e. The molecule has 1 aromatic rings. The standard InChI is InChI=1S/C19H30N4O2/c1-5-20-18(23-12-9-19(2,3)14-23)22-11-10-21-17(24)15-7-6-8-16(13-15)25-4/h6-8,13H,5,9-12,14H2,1-4H3,(H,20,22)(H,21,24). The van der Waals surface area contributed by atoms with Crippen molar-refractivity contribution in [1.29, 1.82) is 0 Å². The first-order valence-corrected chi connectivity index (χ1v) is 8.91. The molecular formula is C19H30N4O2. The van der Waals surface area contributed by atoms with Crippen LogP contribution in [0.4, 0.5) is 0 Å². The summed E-state index contributed by atoms with van der Waals surface area (Å²) in [5.74, 6) is 1.50. The van der Waals surface area contributed by atoms with Gasteiger partial charge in [-0.05, 0) is 37.0 Å². The molecule has 0 aromatic heterocycles. The van der Waals surface area contributed by atoms with Gasteiger partial charge in [0.15, 0.2) is 5.96 Å². The lowest BCUT2D eigenvalue weighted by Crippen LogP contribution is -2.41. The van der Waals surface area contributed by atoms with Gasteiger partial charge in [-0.15, -0.1) is 0 Å². The van der Waals surface area contributed by atoms with E-state index in [-0.39, 0.29) is 5.91 Å². The molecule has 6 nitrogen and oxygen atoms in total. The van der Waals surface area contributed by atoms with E-state index in [0.29, 0.717) is 29.8 Å². The van der Waals surface area contributed by atoms with E-state index >= 15 is 0 Å². The highest BCUT2D eigenvalue weighted by atomic mass is 16.5. The van der Waals surface area contributed by atoms with E-state index in [9.17, 15) is 4.79 Å². The molecule has 25 heavy (non-hydrogen) atoms. The number of benzene rings is 1. The molecule has 0 aliphatic carbocycles. The Kier molecular flexibility index (Phi) is 6.67. The number of nitrogens with one attached hydrogen (secondary N) is 2. The number of hydrogen-bond acceptors (Lipinski definition) is 3. The molecule has 1 heterocycles. The Bertz CT molecular complexity index is 613. The van der Waals surface area contributed by atoms with Crippen LogP contribution in [0.25, 0.3) is 0 Å². The van der Waals surface area contributed by atoms with Crippen LogP contribution < -0.4 is 15.4 Å². The minimum absolute atomic E-state index is 0.110. The normalized spacial score (nSPS) is 16.6. The van der Waals surface area contributed by atoms with Crippen molar-refractivity contribution in [3.63, 3.8) is 0 Å². The van der Waals surface area contributed by atoms with Crippen LogP contribution in [0, 0.1) is 5.41 Å². The zero-order valence-electron chi connectivity index (χ0n) is 15.8. The van der Waals surface area contributed by atoms with E-state index in [1.165, 1.54) is 6.42 Å². The van der Waals surface area contributed by atoms with Gasteiger partial charge in [0.05, 0.1) is 13.7 Å². The van der Waals surface area contributed by atoms with Crippen molar-refractivity contribution in [1.82, 2.24) is 15.5 Å². The summed E-state index contributed by atoms with van der Waals surface area (Å²) < 4.78 is 5.15. The highest BCUT2D eigenvalue weighted by Crippen LogP contribution is 2.28. The van der Waals surface area contributed by atoms with Gasteiger partial charge in [-0.2, -0.15) is 0 Å². The fourth-order valence-electron chi connectivity index (χ4n) is 2.92. The predicted molar refractivity (Wildman–Crippen MR) is 101 cm³/mol. The van der Waals surface area contributed by atoms with E-state index in [4.69, 9.17) is 4.74 Å². The molecule has 2 rings (SSSR count). The topological polar surface area (TPSA) is 66.0 Å². The zero-order chi connectivity index (χ0) is 18.3. The first-order valence-electron chi connectivity index (χ1n) is 8.91. The Morgan fingerprint density at radius 3 is 2.80 bits per heavy atom. The van der Waals surface area contributed by atoms with Gasteiger partial charge in [-0.1, -0.05) is 19.9 Å². The summed E-state index contributed by atoms with van der Waals surface area (Å²) in [5, 5.41) is 6.25. The maximum absolute atomic E-state index is 12.2. The second kappa shape index (κ2) is 8.74. The average molecular weight is 346 g/mol. The van der Waals surface area contributed by atoms with E-state index in [2.05, 4.69) is 41.3 Å². The van der Waals surface area contributed by atoms with Gasteiger partial charge in [0.2, 0.25) is 0 Å². The molecule has 0 bridgehead atoms. The quantitative estimate of drug-likeness (QED) is 0.470. The second-order valence-corrected chi connectivity index (χ2v) is 7.06. The van der Waals surface area contributed by atoms with Crippen LogP contribution in [-0.4, -0.2) is 56.6 Å². The van der Waals surface area contributed by atoms with Crippen molar-refractivity contribution in [2.75, 3.05) is 39.8 Å². The SMILES string of the molecule is CCNC(=NCCNC(=O)c1cccc(OC)c1)N1CCC(C)(C)C1. The number of carbonyl (C=O) groups is 1. The lowest BCUT2D eigenvalue weighted by Gasteiger charge is -2.23. The Balaban J connectivity index is 1.86. The molecule has 0 saturated carbocycles. The number of methoxy groups -OCH3 is 1. The van der Waals surface area contributed by atoms with Crippen LogP contribution in [0.2, 0.25) is 0 Å². The molecule has 0 radical (unpaired) electrons. The third kappa shape index (κ3) is 5.66. The van der Waals surface area contributed by atoms with Crippen molar-refractivity contribution in [3.8, 4) is 5.75 Å². The summed E-state index contributed by atoms with van der Waals surface area (Å²) in [7, 11) is 1.59. The van der Waals surface area contributed by atoms with Gasteiger partial charge in [0.1, 0.15) is 5.75 Å². The Morgan fingerprint density at radius 2 is 2.16 bits per heavy atom. The van der Waals surface area contributed by atoms with Crippen LogP contribution in [0.3, 0.4) is 0 Å².